The van der Waals surface area contributed by atoms with Crippen LogP contribution in [0.25, 0.3) is 0 Å². The number of carbonyl (C=O) groups excluding carboxylic acids is 2. The number of piperidine rings is 1. The van der Waals surface area contributed by atoms with Crippen molar-refractivity contribution in [2.24, 2.45) is 5.92 Å². The molecule has 2 heterocycles. The van der Waals surface area contributed by atoms with Gasteiger partial charge in [-0.1, -0.05) is 19.9 Å². The lowest BCUT2D eigenvalue weighted by atomic mass is 9.97. The molecule has 1 N–H and O–H groups in total. The topological polar surface area (TPSA) is 71.5 Å². The van der Waals surface area contributed by atoms with Gasteiger partial charge in [-0.25, -0.2) is 4.98 Å². The fourth-order valence-electron chi connectivity index (χ4n) is 4.41. The number of nitrogens with one attached hydrogen (secondary N) is 1. The number of ketones is 1. The van der Waals surface area contributed by atoms with E-state index < -0.39 is 0 Å². The van der Waals surface area contributed by atoms with Crippen molar-refractivity contribution >= 4 is 28.2 Å². The second kappa shape index (κ2) is 8.86. The predicted octanol–water partition coefficient (Wildman–Crippen LogP) is 4.39. The standard InChI is InChI=1S/C23H29N3O3S/c1-14-6-8-26(9-7-14)11-17-13-30-23(24-17)25-20(28)12-29-19-5-4-15(2)21-16(3)10-18(27)22(19)21/h4-5,13-14,16H,6-12H2,1-3H3,(H,24,25,28)/t16-/m1/s1. The van der Waals surface area contributed by atoms with Gasteiger partial charge in [0.1, 0.15) is 5.75 Å². The Kier molecular flexibility index (Phi) is 6.20. The number of ether oxygens (including phenoxy) is 1. The van der Waals surface area contributed by atoms with Gasteiger partial charge < -0.3 is 4.74 Å². The highest BCUT2D eigenvalue weighted by Gasteiger charge is 2.31. The molecule has 1 aliphatic carbocycles. The lowest BCUT2D eigenvalue weighted by molar-refractivity contribution is -0.118. The van der Waals surface area contributed by atoms with Crippen LogP contribution >= 0.6 is 11.3 Å². The first-order valence-corrected chi connectivity index (χ1v) is 11.5. The zero-order chi connectivity index (χ0) is 21.3. The van der Waals surface area contributed by atoms with E-state index in [4.69, 9.17) is 4.74 Å². The Labute approximate surface area is 181 Å². The van der Waals surface area contributed by atoms with Gasteiger partial charge in [0, 0.05) is 18.3 Å². The van der Waals surface area contributed by atoms with Crippen molar-refractivity contribution in [2.45, 2.75) is 52.5 Å². The molecule has 1 saturated heterocycles. The summed E-state index contributed by atoms with van der Waals surface area (Å²) in [5.41, 5.74) is 3.78. The Hall–Kier alpha value is -2.25. The summed E-state index contributed by atoms with van der Waals surface area (Å²) in [7, 11) is 0. The maximum absolute atomic E-state index is 12.4. The van der Waals surface area contributed by atoms with Gasteiger partial charge in [0.05, 0.1) is 11.3 Å². The van der Waals surface area contributed by atoms with Crippen LogP contribution in [0.1, 0.15) is 66.2 Å². The van der Waals surface area contributed by atoms with Gasteiger partial charge in [0.15, 0.2) is 17.5 Å². The number of anilines is 1. The molecule has 30 heavy (non-hydrogen) atoms. The molecule has 1 aromatic carbocycles. The van der Waals surface area contributed by atoms with E-state index in [1.165, 1.54) is 24.2 Å². The Bertz CT molecular complexity index is 947. The van der Waals surface area contributed by atoms with Crippen molar-refractivity contribution in [3.63, 3.8) is 0 Å². The molecule has 0 saturated carbocycles. The van der Waals surface area contributed by atoms with Crippen LogP contribution in [0.3, 0.4) is 0 Å². The molecular weight excluding hydrogens is 398 g/mol. The highest BCUT2D eigenvalue weighted by atomic mass is 32.1. The Morgan fingerprint density at radius 1 is 1.30 bits per heavy atom. The van der Waals surface area contributed by atoms with Crippen LogP contribution in [-0.2, 0) is 11.3 Å². The number of nitrogens with zero attached hydrogens (tertiary/aromatic N) is 2. The fourth-order valence-corrected chi connectivity index (χ4v) is 5.13. The normalized spacial score (nSPS) is 19.7. The second-order valence-corrected chi connectivity index (χ2v) is 9.50. The molecule has 1 amide bonds. The number of likely N-dealkylation sites (tertiary alicyclic amines) is 1. The third-order valence-electron chi connectivity index (χ3n) is 6.11. The van der Waals surface area contributed by atoms with E-state index in [-0.39, 0.29) is 24.2 Å². The van der Waals surface area contributed by atoms with E-state index in [1.807, 2.05) is 18.4 Å². The number of aromatic nitrogens is 1. The quantitative estimate of drug-likeness (QED) is 0.740. The summed E-state index contributed by atoms with van der Waals surface area (Å²) in [6, 6.07) is 3.74. The van der Waals surface area contributed by atoms with Crippen LogP contribution < -0.4 is 10.1 Å². The van der Waals surface area contributed by atoms with E-state index in [2.05, 4.69) is 29.0 Å². The number of benzene rings is 1. The molecule has 0 radical (unpaired) electrons. The van der Waals surface area contributed by atoms with Crippen molar-refractivity contribution < 1.29 is 14.3 Å². The van der Waals surface area contributed by atoms with Crippen molar-refractivity contribution in [3.8, 4) is 5.75 Å². The predicted molar refractivity (Wildman–Crippen MR) is 118 cm³/mol. The maximum atomic E-state index is 12.4. The SMILES string of the molecule is Cc1ccc(OCC(=O)Nc2nc(CN3CCC(C)CC3)cs2)c2c1[C@H](C)CC2=O. The minimum Gasteiger partial charge on any atom is -0.483 e. The average molecular weight is 428 g/mol. The number of amides is 1. The van der Waals surface area contributed by atoms with E-state index in [1.54, 1.807) is 6.07 Å². The van der Waals surface area contributed by atoms with Gasteiger partial charge in [-0.05, 0) is 61.9 Å². The van der Waals surface area contributed by atoms with Crippen molar-refractivity contribution in [1.29, 1.82) is 0 Å². The molecule has 4 rings (SSSR count). The fraction of sp³-hybridized carbons (Fsp3) is 0.522. The summed E-state index contributed by atoms with van der Waals surface area (Å²) in [6.45, 7) is 9.25. The first kappa shape index (κ1) is 21.0. The molecule has 160 valence electrons. The van der Waals surface area contributed by atoms with Crippen LogP contribution in [-0.4, -0.2) is 41.3 Å². The smallest absolute Gasteiger partial charge is 0.264 e. The number of Topliss-reactive ketones (excluding diaryl/α,β-unsaturated/α-hetero) is 1. The minimum absolute atomic E-state index is 0.0910. The van der Waals surface area contributed by atoms with Crippen molar-refractivity contribution in [3.05, 3.63) is 39.9 Å². The lowest BCUT2D eigenvalue weighted by Crippen LogP contribution is -2.32. The summed E-state index contributed by atoms with van der Waals surface area (Å²) in [4.78, 5) is 31.7. The number of thiazole rings is 1. The Balaban J connectivity index is 1.32. The molecular formula is C23H29N3O3S. The van der Waals surface area contributed by atoms with Crippen LogP contribution in [0.15, 0.2) is 17.5 Å². The summed E-state index contributed by atoms with van der Waals surface area (Å²) in [5, 5.41) is 5.40. The average Bonchev–Trinajstić information content (AvgIpc) is 3.27. The van der Waals surface area contributed by atoms with E-state index >= 15 is 0 Å². The van der Waals surface area contributed by atoms with Crippen molar-refractivity contribution in [1.82, 2.24) is 9.88 Å². The van der Waals surface area contributed by atoms with Crippen molar-refractivity contribution in [2.75, 3.05) is 25.0 Å². The molecule has 2 aromatic rings. The van der Waals surface area contributed by atoms with Gasteiger partial charge in [-0.3, -0.25) is 19.8 Å². The van der Waals surface area contributed by atoms with Gasteiger partial charge in [-0.15, -0.1) is 11.3 Å². The summed E-state index contributed by atoms with van der Waals surface area (Å²) in [5.74, 6) is 1.32. The summed E-state index contributed by atoms with van der Waals surface area (Å²) >= 11 is 1.43. The van der Waals surface area contributed by atoms with Crippen LogP contribution in [0.5, 0.6) is 5.75 Å². The highest BCUT2D eigenvalue weighted by Crippen LogP contribution is 2.40. The zero-order valence-electron chi connectivity index (χ0n) is 17.9. The number of aryl methyl sites for hydroxylation is 1. The van der Waals surface area contributed by atoms with E-state index in [9.17, 15) is 9.59 Å². The Morgan fingerprint density at radius 3 is 2.83 bits per heavy atom. The summed E-state index contributed by atoms with van der Waals surface area (Å²) in [6.07, 6.45) is 2.96. The lowest BCUT2D eigenvalue weighted by Gasteiger charge is -2.29. The van der Waals surface area contributed by atoms with Gasteiger partial charge in [0.2, 0.25) is 0 Å². The number of fused-ring (bicyclic) bond motifs is 1. The largest absolute Gasteiger partial charge is 0.483 e. The van der Waals surface area contributed by atoms with E-state index in [0.29, 0.717) is 22.9 Å². The Morgan fingerprint density at radius 2 is 2.07 bits per heavy atom. The molecule has 2 aliphatic rings. The summed E-state index contributed by atoms with van der Waals surface area (Å²) < 4.78 is 5.73. The molecule has 7 heteroatoms. The zero-order valence-corrected chi connectivity index (χ0v) is 18.7. The molecule has 1 fully saturated rings. The third-order valence-corrected chi connectivity index (χ3v) is 6.91. The first-order valence-electron chi connectivity index (χ1n) is 10.7. The molecule has 0 unspecified atom stereocenters. The molecule has 1 aliphatic heterocycles. The maximum Gasteiger partial charge on any atom is 0.264 e. The molecule has 1 aromatic heterocycles. The second-order valence-electron chi connectivity index (χ2n) is 8.64. The van der Waals surface area contributed by atoms with Crippen LogP contribution in [0, 0.1) is 12.8 Å². The van der Waals surface area contributed by atoms with Gasteiger partial charge in [-0.2, -0.15) is 0 Å². The number of carbonyl (C=O) groups is 2. The van der Waals surface area contributed by atoms with E-state index in [0.717, 1.165) is 42.4 Å². The monoisotopic (exact) mass is 427 g/mol. The molecule has 6 nitrogen and oxygen atoms in total. The highest BCUT2D eigenvalue weighted by molar-refractivity contribution is 7.13. The number of hydrogen-bond acceptors (Lipinski definition) is 6. The van der Waals surface area contributed by atoms with Crippen LogP contribution in [0.4, 0.5) is 5.13 Å². The van der Waals surface area contributed by atoms with Gasteiger partial charge in [0.25, 0.3) is 5.91 Å². The number of hydrogen-bond donors (Lipinski definition) is 1. The minimum atomic E-state index is -0.268. The molecule has 1 atom stereocenters. The van der Waals surface area contributed by atoms with Crippen LogP contribution in [0.2, 0.25) is 0 Å². The number of rotatable bonds is 6. The third kappa shape index (κ3) is 4.57. The molecule has 0 spiro atoms. The molecule has 0 bridgehead atoms. The first-order chi connectivity index (χ1) is 14.4. The van der Waals surface area contributed by atoms with Gasteiger partial charge >= 0.3 is 0 Å².